The van der Waals surface area contributed by atoms with Crippen molar-refractivity contribution in [2.24, 2.45) is 0 Å². The lowest BCUT2D eigenvalue weighted by Crippen LogP contribution is -2.29. The van der Waals surface area contributed by atoms with E-state index in [4.69, 9.17) is 0 Å². The van der Waals surface area contributed by atoms with Gasteiger partial charge in [0.2, 0.25) is 10.0 Å². The Morgan fingerprint density at radius 3 is 2.68 bits per heavy atom. The number of aromatic nitrogens is 2. The minimum atomic E-state index is -3.49. The number of sulfonamides is 1. The number of rotatable bonds is 4. The minimum Gasteiger partial charge on any atom is -0.268 e. The molecule has 0 aliphatic carbocycles. The Morgan fingerprint density at radius 2 is 2.11 bits per heavy atom. The van der Waals surface area contributed by atoms with E-state index in [2.05, 4.69) is 14.9 Å². The SMILES string of the molecule is CC(C)NS(=O)(=O)c1cc(-c2ccc(=O)[nH]n2)cs1. The summed E-state index contributed by atoms with van der Waals surface area (Å²) in [5.74, 6) is 0. The maximum absolute atomic E-state index is 12.0. The Balaban J connectivity index is 2.34. The minimum absolute atomic E-state index is 0.165. The van der Waals surface area contributed by atoms with Crippen LogP contribution in [0.3, 0.4) is 0 Å². The van der Waals surface area contributed by atoms with Gasteiger partial charge in [-0.3, -0.25) is 4.79 Å². The molecule has 0 atom stereocenters. The molecule has 0 aromatic carbocycles. The van der Waals surface area contributed by atoms with Gasteiger partial charge in [-0.05, 0) is 26.0 Å². The zero-order valence-electron chi connectivity index (χ0n) is 10.4. The molecular weight excluding hydrogens is 286 g/mol. The number of nitrogens with zero attached hydrogens (tertiary/aromatic N) is 1. The maximum Gasteiger partial charge on any atom is 0.264 e. The first kappa shape index (κ1) is 13.9. The van der Waals surface area contributed by atoms with Crippen LogP contribution < -0.4 is 10.3 Å². The third-order valence-electron chi connectivity index (χ3n) is 2.21. The van der Waals surface area contributed by atoms with Crippen molar-refractivity contribution in [3.8, 4) is 11.3 Å². The van der Waals surface area contributed by atoms with Crippen molar-refractivity contribution in [2.75, 3.05) is 0 Å². The van der Waals surface area contributed by atoms with Crippen LogP contribution >= 0.6 is 11.3 Å². The van der Waals surface area contributed by atoms with Gasteiger partial charge in [0.05, 0.1) is 5.69 Å². The van der Waals surface area contributed by atoms with Crippen LogP contribution in [0, 0.1) is 0 Å². The van der Waals surface area contributed by atoms with Crippen molar-refractivity contribution >= 4 is 21.4 Å². The molecule has 0 saturated carbocycles. The van der Waals surface area contributed by atoms with Crippen LogP contribution in [-0.2, 0) is 10.0 Å². The van der Waals surface area contributed by atoms with Gasteiger partial charge in [-0.2, -0.15) is 5.10 Å². The summed E-state index contributed by atoms with van der Waals surface area (Å²) in [5.41, 5.74) is 0.889. The molecule has 0 amide bonds. The number of hydrogen-bond donors (Lipinski definition) is 2. The summed E-state index contributed by atoms with van der Waals surface area (Å²) in [6, 6.07) is 4.27. The van der Waals surface area contributed by atoms with Gasteiger partial charge in [0.1, 0.15) is 4.21 Å². The summed E-state index contributed by atoms with van der Waals surface area (Å²) >= 11 is 1.12. The quantitative estimate of drug-likeness (QED) is 0.887. The molecule has 2 aromatic heterocycles. The monoisotopic (exact) mass is 299 g/mol. The highest BCUT2D eigenvalue weighted by molar-refractivity contribution is 7.91. The molecule has 2 heterocycles. The molecule has 0 fully saturated rings. The van der Waals surface area contributed by atoms with Gasteiger partial charge in [-0.1, -0.05) is 0 Å². The summed E-state index contributed by atoms with van der Waals surface area (Å²) in [6.45, 7) is 3.52. The van der Waals surface area contributed by atoms with E-state index in [1.165, 1.54) is 12.1 Å². The summed E-state index contributed by atoms with van der Waals surface area (Å²) in [7, 11) is -3.49. The second kappa shape index (κ2) is 5.24. The smallest absolute Gasteiger partial charge is 0.264 e. The molecule has 2 aromatic rings. The van der Waals surface area contributed by atoms with Crippen molar-refractivity contribution in [3.05, 3.63) is 33.9 Å². The van der Waals surface area contributed by atoms with Gasteiger partial charge in [0.25, 0.3) is 5.56 Å². The predicted molar refractivity (Wildman–Crippen MR) is 73.6 cm³/mol. The average Bonchev–Trinajstić information content (AvgIpc) is 2.78. The first-order valence-corrected chi connectivity index (χ1v) is 7.92. The molecule has 102 valence electrons. The van der Waals surface area contributed by atoms with Crippen molar-refractivity contribution < 1.29 is 8.42 Å². The highest BCUT2D eigenvalue weighted by Crippen LogP contribution is 2.26. The van der Waals surface area contributed by atoms with Crippen molar-refractivity contribution in [3.63, 3.8) is 0 Å². The van der Waals surface area contributed by atoms with Crippen molar-refractivity contribution in [1.29, 1.82) is 0 Å². The number of hydrogen-bond acceptors (Lipinski definition) is 5. The second-order valence-corrected chi connectivity index (χ2v) is 7.09. The number of aromatic amines is 1. The lowest BCUT2D eigenvalue weighted by Gasteiger charge is -2.06. The van der Waals surface area contributed by atoms with Gasteiger partial charge in [0.15, 0.2) is 0 Å². The van der Waals surface area contributed by atoms with E-state index in [0.29, 0.717) is 11.3 Å². The summed E-state index contributed by atoms with van der Waals surface area (Å²) < 4.78 is 26.7. The fraction of sp³-hybridized carbons (Fsp3) is 0.273. The van der Waals surface area contributed by atoms with Gasteiger partial charge >= 0.3 is 0 Å². The van der Waals surface area contributed by atoms with E-state index < -0.39 is 10.0 Å². The van der Waals surface area contributed by atoms with Crippen molar-refractivity contribution in [2.45, 2.75) is 24.1 Å². The fourth-order valence-electron chi connectivity index (χ4n) is 1.47. The molecule has 0 bridgehead atoms. The third kappa shape index (κ3) is 3.28. The van der Waals surface area contributed by atoms with Gasteiger partial charge in [0, 0.05) is 23.1 Å². The Hall–Kier alpha value is -1.51. The standard InChI is InChI=1S/C11H13N3O3S2/c1-7(2)14-19(16,17)11-5-8(6-18-11)9-3-4-10(15)13-12-9/h3-7,14H,1-2H3,(H,13,15). The normalized spacial score (nSPS) is 11.9. The molecule has 2 N–H and O–H groups in total. The van der Waals surface area contributed by atoms with E-state index in [1.807, 2.05) is 0 Å². The Bertz CT molecular complexity index is 711. The van der Waals surface area contributed by atoms with E-state index in [0.717, 1.165) is 11.3 Å². The van der Waals surface area contributed by atoms with E-state index in [9.17, 15) is 13.2 Å². The molecule has 0 radical (unpaired) electrons. The number of H-pyrrole nitrogens is 1. The molecule has 2 rings (SSSR count). The molecule has 8 heteroatoms. The molecule has 19 heavy (non-hydrogen) atoms. The predicted octanol–water partition coefficient (Wildman–Crippen LogP) is 1.19. The molecule has 0 aliphatic heterocycles. The highest BCUT2D eigenvalue weighted by Gasteiger charge is 2.18. The lowest BCUT2D eigenvalue weighted by atomic mass is 10.2. The average molecular weight is 299 g/mol. The molecule has 6 nitrogen and oxygen atoms in total. The number of nitrogens with one attached hydrogen (secondary N) is 2. The van der Waals surface area contributed by atoms with Crippen LogP contribution in [-0.4, -0.2) is 24.7 Å². The molecular formula is C11H13N3O3S2. The van der Waals surface area contributed by atoms with Crippen molar-refractivity contribution in [1.82, 2.24) is 14.9 Å². The summed E-state index contributed by atoms with van der Waals surface area (Å²) in [5, 5.41) is 7.86. The first-order valence-electron chi connectivity index (χ1n) is 5.55. The van der Waals surface area contributed by atoms with Gasteiger partial charge < -0.3 is 0 Å². The first-order chi connectivity index (χ1) is 8.88. The highest BCUT2D eigenvalue weighted by atomic mass is 32.2. The Labute approximate surface area is 114 Å². The third-order valence-corrected chi connectivity index (χ3v) is 5.30. The zero-order valence-corrected chi connectivity index (χ0v) is 12.0. The molecule has 0 unspecified atom stereocenters. The lowest BCUT2D eigenvalue weighted by molar-refractivity contribution is 0.572. The van der Waals surface area contributed by atoms with Gasteiger partial charge in [-0.25, -0.2) is 18.2 Å². The van der Waals surface area contributed by atoms with Crippen LogP contribution in [0.5, 0.6) is 0 Å². The zero-order chi connectivity index (χ0) is 14.0. The van der Waals surface area contributed by atoms with E-state index in [1.54, 1.807) is 25.3 Å². The largest absolute Gasteiger partial charge is 0.268 e. The summed E-state index contributed by atoms with van der Waals surface area (Å²) in [6.07, 6.45) is 0. The van der Waals surface area contributed by atoms with Crippen LogP contribution in [0.15, 0.2) is 32.6 Å². The Kier molecular flexibility index (Phi) is 3.83. The van der Waals surface area contributed by atoms with Gasteiger partial charge in [-0.15, -0.1) is 11.3 Å². The topological polar surface area (TPSA) is 91.9 Å². The number of thiophene rings is 1. The van der Waals surface area contributed by atoms with Crippen LogP contribution in [0.1, 0.15) is 13.8 Å². The maximum atomic E-state index is 12.0. The summed E-state index contributed by atoms with van der Waals surface area (Å²) in [4.78, 5) is 10.9. The van der Waals surface area contributed by atoms with E-state index >= 15 is 0 Å². The van der Waals surface area contributed by atoms with Crippen LogP contribution in [0.2, 0.25) is 0 Å². The molecule has 0 spiro atoms. The second-order valence-electron chi connectivity index (χ2n) is 4.24. The van der Waals surface area contributed by atoms with E-state index in [-0.39, 0.29) is 15.8 Å². The Morgan fingerprint density at radius 1 is 1.37 bits per heavy atom. The van der Waals surface area contributed by atoms with Crippen LogP contribution in [0.25, 0.3) is 11.3 Å². The molecule has 0 aliphatic rings. The molecule has 0 saturated heterocycles. The fourth-order valence-corrected chi connectivity index (χ4v) is 3.91. The van der Waals surface area contributed by atoms with Crippen LogP contribution in [0.4, 0.5) is 0 Å².